The van der Waals surface area contributed by atoms with Gasteiger partial charge in [0.05, 0.1) is 4.88 Å². The third kappa shape index (κ3) is 6.98. The van der Waals surface area contributed by atoms with E-state index < -0.39 is 0 Å². The van der Waals surface area contributed by atoms with Crippen molar-refractivity contribution >= 4 is 23.2 Å². The standard InChI is InChI=1S/C23H31N3O2S/c1-18-10-13-26(14-11-18)17-20-7-3-2-6-19(20)16-25-22(27)9-4-12-24-23(28)21-8-5-15-29-21/h2-3,5-8,15,18H,4,9-14,16-17H2,1H3,(H,24,28)(H,25,27). The Balaban J connectivity index is 1.38. The van der Waals surface area contributed by atoms with Crippen LogP contribution in [0.1, 0.15) is 53.4 Å². The lowest BCUT2D eigenvalue weighted by Crippen LogP contribution is -2.33. The number of nitrogens with one attached hydrogen (secondary N) is 2. The summed E-state index contributed by atoms with van der Waals surface area (Å²) in [5, 5.41) is 7.77. The molecule has 1 aliphatic rings. The van der Waals surface area contributed by atoms with Crippen LogP contribution in [0.2, 0.25) is 0 Å². The lowest BCUT2D eigenvalue weighted by atomic mass is 9.98. The van der Waals surface area contributed by atoms with Crippen molar-refractivity contribution in [1.82, 2.24) is 15.5 Å². The Hall–Kier alpha value is -2.18. The minimum Gasteiger partial charge on any atom is -0.352 e. The highest BCUT2D eigenvalue weighted by Crippen LogP contribution is 2.19. The van der Waals surface area contributed by atoms with E-state index in [0.717, 1.165) is 25.6 Å². The number of hydrogen-bond acceptors (Lipinski definition) is 4. The molecule has 0 radical (unpaired) electrons. The molecule has 1 aliphatic heterocycles. The van der Waals surface area contributed by atoms with Crippen molar-refractivity contribution in [2.24, 2.45) is 5.92 Å². The molecule has 2 heterocycles. The molecule has 2 amide bonds. The number of nitrogens with zero attached hydrogens (tertiary/aromatic N) is 1. The topological polar surface area (TPSA) is 61.4 Å². The first kappa shape index (κ1) is 21.5. The highest BCUT2D eigenvalue weighted by Gasteiger charge is 2.16. The zero-order valence-electron chi connectivity index (χ0n) is 17.2. The predicted octanol–water partition coefficient (Wildman–Crippen LogP) is 3.81. The molecule has 3 rings (SSSR count). The minimum atomic E-state index is -0.0681. The second-order valence-corrected chi connectivity index (χ2v) is 8.79. The van der Waals surface area contributed by atoms with Crippen LogP contribution in [0.25, 0.3) is 0 Å². The second kappa shape index (κ2) is 11.1. The number of carbonyl (C=O) groups is 2. The predicted molar refractivity (Wildman–Crippen MR) is 118 cm³/mol. The van der Waals surface area contributed by atoms with Gasteiger partial charge in [-0.25, -0.2) is 0 Å². The fourth-order valence-corrected chi connectivity index (χ4v) is 4.21. The molecule has 2 N–H and O–H groups in total. The SMILES string of the molecule is CC1CCN(Cc2ccccc2CNC(=O)CCCNC(=O)c2cccs2)CC1. The van der Waals surface area contributed by atoms with Gasteiger partial charge in [-0.15, -0.1) is 11.3 Å². The van der Waals surface area contributed by atoms with Crippen LogP contribution in [-0.4, -0.2) is 36.3 Å². The number of amides is 2. The molecule has 1 aromatic heterocycles. The molecule has 1 saturated heterocycles. The average molecular weight is 414 g/mol. The summed E-state index contributed by atoms with van der Waals surface area (Å²) >= 11 is 1.42. The number of carbonyl (C=O) groups excluding carboxylic acids is 2. The molecular weight excluding hydrogens is 382 g/mol. The van der Waals surface area contributed by atoms with Crippen molar-refractivity contribution in [3.8, 4) is 0 Å². The fraction of sp³-hybridized carbons (Fsp3) is 0.478. The normalized spacial score (nSPS) is 15.2. The van der Waals surface area contributed by atoms with Crippen molar-refractivity contribution in [2.45, 2.75) is 45.7 Å². The van der Waals surface area contributed by atoms with Gasteiger partial charge in [0.1, 0.15) is 0 Å². The van der Waals surface area contributed by atoms with Crippen LogP contribution in [0.4, 0.5) is 0 Å². The van der Waals surface area contributed by atoms with Gasteiger partial charge < -0.3 is 10.6 Å². The Kier molecular flexibility index (Phi) is 8.25. The number of thiophene rings is 1. The maximum atomic E-state index is 12.2. The van der Waals surface area contributed by atoms with Gasteiger partial charge in [0.2, 0.25) is 5.91 Å². The van der Waals surface area contributed by atoms with Gasteiger partial charge in [0.25, 0.3) is 5.91 Å². The summed E-state index contributed by atoms with van der Waals surface area (Å²) in [4.78, 5) is 27.3. The van der Waals surface area contributed by atoms with E-state index in [1.165, 1.54) is 35.3 Å². The largest absolute Gasteiger partial charge is 0.352 e. The fourth-order valence-electron chi connectivity index (χ4n) is 3.57. The van der Waals surface area contributed by atoms with E-state index in [4.69, 9.17) is 0 Å². The van der Waals surface area contributed by atoms with Crippen LogP contribution < -0.4 is 10.6 Å². The maximum Gasteiger partial charge on any atom is 0.261 e. The number of piperidine rings is 1. The molecule has 0 unspecified atom stereocenters. The minimum absolute atomic E-state index is 0.0250. The lowest BCUT2D eigenvalue weighted by molar-refractivity contribution is -0.121. The Morgan fingerprint density at radius 3 is 2.55 bits per heavy atom. The zero-order valence-corrected chi connectivity index (χ0v) is 18.0. The van der Waals surface area contributed by atoms with Crippen LogP contribution in [0.15, 0.2) is 41.8 Å². The van der Waals surface area contributed by atoms with Crippen LogP contribution in [-0.2, 0) is 17.9 Å². The highest BCUT2D eigenvalue weighted by molar-refractivity contribution is 7.12. The van der Waals surface area contributed by atoms with Crippen molar-refractivity contribution in [1.29, 1.82) is 0 Å². The molecule has 0 bridgehead atoms. The van der Waals surface area contributed by atoms with Gasteiger partial charge in [-0.05, 0) is 60.8 Å². The summed E-state index contributed by atoms with van der Waals surface area (Å²) in [6, 6.07) is 12.0. The van der Waals surface area contributed by atoms with E-state index in [-0.39, 0.29) is 11.8 Å². The van der Waals surface area contributed by atoms with E-state index in [9.17, 15) is 9.59 Å². The smallest absolute Gasteiger partial charge is 0.261 e. The van der Waals surface area contributed by atoms with Gasteiger partial charge >= 0.3 is 0 Å². The van der Waals surface area contributed by atoms with Crippen molar-refractivity contribution in [3.05, 3.63) is 57.8 Å². The summed E-state index contributed by atoms with van der Waals surface area (Å²) in [7, 11) is 0. The zero-order chi connectivity index (χ0) is 20.5. The van der Waals surface area contributed by atoms with Crippen LogP contribution in [0.3, 0.4) is 0 Å². The number of benzene rings is 1. The van der Waals surface area contributed by atoms with E-state index >= 15 is 0 Å². The second-order valence-electron chi connectivity index (χ2n) is 7.84. The van der Waals surface area contributed by atoms with Crippen molar-refractivity contribution in [2.75, 3.05) is 19.6 Å². The van der Waals surface area contributed by atoms with Crippen LogP contribution in [0.5, 0.6) is 0 Å². The lowest BCUT2D eigenvalue weighted by Gasteiger charge is -2.30. The Bertz CT molecular complexity index is 783. The van der Waals surface area contributed by atoms with E-state index in [0.29, 0.717) is 30.8 Å². The summed E-state index contributed by atoms with van der Waals surface area (Å²) in [6.07, 6.45) is 3.58. The summed E-state index contributed by atoms with van der Waals surface area (Å²) < 4.78 is 0. The van der Waals surface area contributed by atoms with Gasteiger partial charge in [-0.2, -0.15) is 0 Å². The molecule has 156 valence electrons. The van der Waals surface area contributed by atoms with Gasteiger partial charge in [0.15, 0.2) is 0 Å². The summed E-state index contributed by atoms with van der Waals surface area (Å²) in [5.74, 6) is 0.786. The van der Waals surface area contributed by atoms with Crippen LogP contribution in [0, 0.1) is 5.92 Å². The third-order valence-electron chi connectivity index (χ3n) is 5.48. The first-order valence-corrected chi connectivity index (χ1v) is 11.4. The molecule has 29 heavy (non-hydrogen) atoms. The number of hydrogen-bond donors (Lipinski definition) is 2. The molecule has 0 saturated carbocycles. The Labute approximate surface area is 177 Å². The highest BCUT2D eigenvalue weighted by atomic mass is 32.1. The van der Waals surface area contributed by atoms with Gasteiger partial charge in [0, 0.05) is 26.1 Å². The molecule has 1 aromatic carbocycles. The van der Waals surface area contributed by atoms with E-state index in [1.807, 2.05) is 17.5 Å². The molecule has 0 aliphatic carbocycles. The first-order valence-electron chi connectivity index (χ1n) is 10.5. The maximum absolute atomic E-state index is 12.2. The number of rotatable bonds is 9. The molecule has 0 atom stereocenters. The monoisotopic (exact) mass is 413 g/mol. The molecule has 1 fully saturated rings. The van der Waals surface area contributed by atoms with Gasteiger partial charge in [-0.3, -0.25) is 14.5 Å². The first-order chi connectivity index (χ1) is 14.1. The van der Waals surface area contributed by atoms with E-state index in [1.54, 1.807) is 6.07 Å². The van der Waals surface area contributed by atoms with E-state index in [2.05, 4.69) is 40.7 Å². The molecule has 2 aromatic rings. The molecule has 0 spiro atoms. The summed E-state index contributed by atoms with van der Waals surface area (Å²) in [6.45, 7) is 6.65. The summed E-state index contributed by atoms with van der Waals surface area (Å²) in [5.41, 5.74) is 2.48. The van der Waals surface area contributed by atoms with Crippen LogP contribution >= 0.6 is 11.3 Å². The third-order valence-corrected chi connectivity index (χ3v) is 6.34. The van der Waals surface area contributed by atoms with Crippen molar-refractivity contribution in [3.63, 3.8) is 0 Å². The Morgan fingerprint density at radius 2 is 1.83 bits per heavy atom. The number of likely N-dealkylation sites (tertiary alicyclic amines) is 1. The Morgan fingerprint density at radius 1 is 1.07 bits per heavy atom. The average Bonchev–Trinajstić information content (AvgIpc) is 3.27. The van der Waals surface area contributed by atoms with Gasteiger partial charge in [-0.1, -0.05) is 37.3 Å². The van der Waals surface area contributed by atoms with Crippen molar-refractivity contribution < 1.29 is 9.59 Å². The quantitative estimate of drug-likeness (QED) is 0.615. The molecular formula is C23H31N3O2S. The molecule has 5 nitrogen and oxygen atoms in total. The molecule has 6 heteroatoms.